The van der Waals surface area contributed by atoms with Crippen molar-refractivity contribution in [3.8, 4) is 0 Å². The summed E-state index contributed by atoms with van der Waals surface area (Å²) in [5.41, 5.74) is 6.77. The lowest BCUT2D eigenvalue weighted by molar-refractivity contribution is 0.144. The fourth-order valence-corrected chi connectivity index (χ4v) is 1.73. The molecule has 104 valence electrons. The molecule has 5 nitrogen and oxygen atoms in total. The van der Waals surface area contributed by atoms with Gasteiger partial charge in [-0.05, 0) is 19.8 Å². The molecule has 0 aromatic heterocycles. The Hall–Kier alpha value is -1.07. The summed E-state index contributed by atoms with van der Waals surface area (Å²) in [4.78, 5) is 6.63. The van der Waals surface area contributed by atoms with Gasteiger partial charge >= 0.3 is 0 Å². The van der Waals surface area contributed by atoms with Crippen molar-refractivity contribution in [1.29, 1.82) is 0 Å². The molecule has 5 heteroatoms. The minimum atomic E-state index is 0.500. The van der Waals surface area contributed by atoms with Gasteiger partial charge in [0.25, 0.3) is 0 Å². The van der Waals surface area contributed by atoms with Gasteiger partial charge in [-0.25, -0.2) is 4.99 Å². The van der Waals surface area contributed by atoms with Gasteiger partial charge in [-0.15, -0.1) is 0 Å². The highest BCUT2D eigenvalue weighted by atomic mass is 16.5. The number of methoxy groups -OCH3 is 1. The molecule has 3 N–H and O–H groups in total. The zero-order valence-corrected chi connectivity index (χ0v) is 11.6. The molecule has 1 aliphatic rings. The molecule has 1 saturated carbocycles. The van der Waals surface area contributed by atoms with Gasteiger partial charge in [0.15, 0.2) is 5.96 Å². The molecule has 0 saturated heterocycles. The lowest BCUT2D eigenvalue weighted by Gasteiger charge is -2.21. The number of nitrogens with zero attached hydrogens (tertiary/aromatic N) is 2. The first-order chi connectivity index (χ1) is 8.63. The Balaban J connectivity index is 2.17. The van der Waals surface area contributed by atoms with Gasteiger partial charge in [0.1, 0.15) is 0 Å². The summed E-state index contributed by atoms with van der Waals surface area (Å²) < 4.78 is 5.12. The third-order valence-corrected chi connectivity index (χ3v) is 2.87. The number of hydrogen-bond acceptors (Lipinski definition) is 3. The van der Waals surface area contributed by atoms with E-state index in [0.717, 1.165) is 37.9 Å². The zero-order chi connectivity index (χ0) is 13.4. The van der Waals surface area contributed by atoms with Crippen molar-refractivity contribution in [2.24, 2.45) is 10.7 Å². The fraction of sp³-hybridized carbons (Fsp3) is 0.769. The van der Waals surface area contributed by atoms with Crippen LogP contribution in [0.15, 0.2) is 17.1 Å². The lowest BCUT2D eigenvalue weighted by atomic mass is 10.4. The average Bonchev–Trinajstić information content (AvgIpc) is 3.15. The van der Waals surface area contributed by atoms with Gasteiger partial charge in [0.05, 0.1) is 13.2 Å². The van der Waals surface area contributed by atoms with E-state index in [1.54, 1.807) is 7.11 Å². The summed E-state index contributed by atoms with van der Waals surface area (Å²) in [6.45, 7) is 9.91. The predicted molar refractivity (Wildman–Crippen MR) is 75.8 cm³/mol. The van der Waals surface area contributed by atoms with E-state index in [2.05, 4.69) is 21.8 Å². The van der Waals surface area contributed by atoms with Crippen LogP contribution in [-0.2, 0) is 4.74 Å². The minimum Gasteiger partial charge on any atom is -0.383 e. The molecule has 0 bridgehead atoms. The van der Waals surface area contributed by atoms with Gasteiger partial charge in [-0.2, -0.15) is 0 Å². The Bertz CT molecular complexity index is 287. The highest BCUT2D eigenvalue weighted by Crippen LogP contribution is 2.25. The summed E-state index contributed by atoms with van der Waals surface area (Å²) >= 11 is 0. The van der Waals surface area contributed by atoms with E-state index in [4.69, 9.17) is 10.5 Å². The summed E-state index contributed by atoms with van der Waals surface area (Å²) in [6, 6.07) is 0.746. The second kappa shape index (κ2) is 8.11. The summed E-state index contributed by atoms with van der Waals surface area (Å²) in [5, 5.41) is 3.13. The third kappa shape index (κ3) is 6.61. The highest BCUT2D eigenvalue weighted by Gasteiger charge is 2.27. The van der Waals surface area contributed by atoms with Crippen molar-refractivity contribution >= 4 is 5.96 Å². The molecule has 0 aliphatic heterocycles. The quantitative estimate of drug-likeness (QED) is 0.359. The number of nitrogens with one attached hydrogen (secondary N) is 1. The van der Waals surface area contributed by atoms with Crippen LogP contribution in [0, 0.1) is 0 Å². The monoisotopic (exact) mass is 254 g/mol. The molecule has 0 aromatic rings. The Kier molecular flexibility index (Phi) is 6.75. The summed E-state index contributed by atoms with van der Waals surface area (Å²) in [5.74, 6) is 0.500. The van der Waals surface area contributed by atoms with Gasteiger partial charge in [-0.1, -0.05) is 12.2 Å². The SMILES string of the molecule is C=C(C)CN=C(N)NCCN(CCOC)C1CC1. The largest absolute Gasteiger partial charge is 0.383 e. The molecule has 1 rings (SSSR count). The molecule has 0 heterocycles. The van der Waals surface area contributed by atoms with E-state index >= 15 is 0 Å². The number of aliphatic imine (C=N–C) groups is 1. The number of nitrogens with two attached hydrogens (primary N) is 1. The Labute approximate surface area is 110 Å². The molecule has 0 atom stereocenters. The van der Waals surface area contributed by atoms with Crippen LogP contribution in [0.3, 0.4) is 0 Å². The summed E-state index contributed by atoms with van der Waals surface area (Å²) in [7, 11) is 1.74. The Morgan fingerprint density at radius 3 is 2.78 bits per heavy atom. The van der Waals surface area contributed by atoms with E-state index in [1.807, 2.05) is 6.92 Å². The van der Waals surface area contributed by atoms with Crippen LogP contribution >= 0.6 is 0 Å². The van der Waals surface area contributed by atoms with Crippen molar-refractivity contribution in [3.63, 3.8) is 0 Å². The van der Waals surface area contributed by atoms with Gasteiger partial charge < -0.3 is 15.8 Å². The second-order valence-corrected chi connectivity index (χ2v) is 4.85. The normalized spacial score (nSPS) is 16.1. The van der Waals surface area contributed by atoms with Crippen molar-refractivity contribution in [2.75, 3.05) is 39.9 Å². The number of guanidine groups is 1. The molecule has 0 unspecified atom stereocenters. The van der Waals surface area contributed by atoms with Gasteiger partial charge in [-0.3, -0.25) is 4.90 Å². The molecule has 1 aliphatic carbocycles. The van der Waals surface area contributed by atoms with Crippen LogP contribution in [0.1, 0.15) is 19.8 Å². The summed E-state index contributed by atoms with van der Waals surface area (Å²) in [6.07, 6.45) is 2.62. The predicted octanol–water partition coefficient (Wildman–Crippen LogP) is 0.578. The van der Waals surface area contributed by atoms with Crippen LogP contribution in [0.25, 0.3) is 0 Å². The molecular weight excluding hydrogens is 228 g/mol. The highest BCUT2D eigenvalue weighted by molar-refractivity contribution is 5.77. The minimum absolute atomic E-state index is 0.500. The molecule has 0 amide bonds. The van der Waals surface area contributed by atoms with Crippen LogP contribution in [0.2, 0.25) is 0 Å². The smallest absolute Gasteiger partial charge is 0.188 e. The van der Waals surface area contributed by atoms with Gasteiger partial charge in [0, 0.05) is 32.8 Å². The standard InChI is InChI=1S/C13H26N4O/c1-11(2)10-16-13(14)15-6-7-17(8-9-18-3)12-4-5-12/h12H,1,4-10H2,2-3H3,(H3,14,15,16). The number of hydrogen-bond donors (Lipinski definition) is 2. The fourth-order valence-electron chi connectivity index (χ4n) is 1.73. The Morgan fingerprint density at radius 1 is 1.50 bits per heavy atom. The third-order valence-electron chi connectivity index (χ3n) is 2.87. The molecule has 18 heavy (non-hydrogen) atoms. The van der Waals surface area contributed by atoms with Crippen LogP contribution in [0.5, 0.6) is 0 Å². The molecule has 0 radical (unpaired) electrons. The van der Waals surface area contributed by atoms with Crippen molar-refractivity contribution in [2.45, 2.75) is 25.8 Å². The maximum atomic E-state index is 5.75. The first-order valence-electron chi connectivity index (χ1n) is 6.54. The van der Waals surface area contributed by atoms with Crippen LogP contribution in [-0.4, -0.2) is 56.8 Å². The lowest BCUT2D eigenvalue weighted by Crippen LogP contribution is -2.40. The topological polar surface area (TPSA) is 62.9 Å². The average molecular weight is 254 g/mol. The van der Waals surface area contributed by atoms with Crippen LogP contribution in [0.4, 0.5) is 0 Å². The maximum Gasteiger partial charge on any atom is 0.188 e. The molecule has 0 spiro atoms. The maximum absolute atomic E-state index is 5.75. The Morgan fingerprint density at radius 2 is 2.22 bits per heavy atom. The van der Waals surface area contributed by atoms with E-state index in [1.165, 1.54) is 12.8 Å². The molecular formula is C13H26N4O. The number of rotatable bonds is 9. The van der Waals surface area contributed by atoms with E-state index in [0.29, 0.717) is 12.5 Å². The van der Waals surface area contributed by atoms with E-state index in [9.17, 15) is 0 Å². The van der Waals surface area contributed by atoms with E-state index < -0.39 is 0 Å². The molecule has 1 fully saturated rings. The number of ether oxygens (including phenoxy) is 1. The van der Waals surface area contributed by atoms with Crippen molar-refractivity contribution in [3.05, 3.63) is 12.2 Å². The first-order valence-corrected chi connectivity index (χ1v) is 6.54. The molecule has 0 aromatic carbocycles. The van der Waals surface area contributed by atoms with E-state index in [-0.39, 0.29) is 0 Å². The van der Waals surface area contributed by atoms with Crippen molar-refractivity contribution in [1.82, 2.24) is 10.2 Å². The first kappa shape index (κ1) is 15.0. The van der Waals surface area contributed by atoms with Crippen molar-refractivity contribution < 1.29 is 4.74 Å². The second-order valence-electron chi connectivity index (χ2n) is 4.85. The van der Waals surface area contributed by atoms with Crippen LogP contribution < -0.4 is 11.1 Å². The zero-order valence-electron chi connectivity index (χ0n) is 11.6. The van der Waals surface area contributed by atoms with Gasteiger partial charge in [0.2, 0.25) is 0 Å².